The summed E-state index contributed by atoms with van der Waals surface area (Å²) in [5.74, 6) is 0. The third-order valence-electron chi connectivity index (χ3n) is 4.33. The lowest BCUT2D eigenvalue weighted by atomic mass is 9.83. The fourth-order valence-electron chi connectivity index (χ4n) is 3.27. The second-order valence-electron chi connectivity index (χ2n) is 5.95. The molecule has 1 aromatic carbocycles. The van der Waals surface area contributed by atoms with E-state index in [0.717, 1.165) is 57.5 Å². The van der Waals surface area contributed by atoms with Gasteiger partial charge in [0.15, 0.2) is 0 Å². The molecule has 0 amide bonds. The number of hydrogen-bond acceptors (Lipinski definition) is 3. The van der Waals surface area contributed by atoms with Crippen molar-refractivity contribution in [2.24, 2.45) is 0 Å². The van der Waals surface area contributed by atoms with Crippen LogP contribution in [-0.4, -0.2) is 35.3 Å². The Morgan fingerprint density at radius 1 is 1.20 bits per heavy atom. The monoisotopic (exact) mass is 273 g/mol. The molecule has 0 bridgehead atoms. The molecule has 108 valence electrons. The SMILES string of the molecule is OC1(C2=COCCC2)CCCN(Cc2ccccc2)C1. The molecule has 2 aliphatic heterocycles. The van der Waals surface area contributed by atoms with Crippen LogP contribution in [0.3, 0.4) is 0 Å². The summed E-state index contributed by atoms with van der Waals surface area (Å²) in [6.07, 6.45) is 5.69. The minimum atomic E-state index is -0.687. The summed E-state index contributed by atoms with van der Waals surface area (Å²) in [7, 11) is 0. The Bertz CT molecular complexity index is 471. The number of piperidine rings is 1. The number of ether oxygens (including phenoxy) is 1. The quantitative estimate of drug-likeness (QED) is 0.919. The van der Waals surface area contributed by atoms with Gasteiger partial charge in [0.05, 0.1) is 12.9 Å². The van der Waals surface area contributed by atoms with Crippen molar-refractivity contribution in [3.63, 3.8) is 0 Å². The lowest BCUT2D eigenvalue weighted by Gasteiger charge is -2.41. The number of aliphatic hydroxyl groups is 1. The molecular weight excluding hydrogens is 250 g/mol. The number of benzene rings is 1. The third kappa shape index (κ3) is 3.05. The van der Waals surface area contributed by atoms with Gasteiger partial charge in [-0.2, -0.15) is 0 Å². The minimum Gasteiger partial charge on any atom is -0.501 e. The zero-order chi connectivity index (χ0) is 13.8. The van der Waals surface area contributed by atoms with Gasteiger partial charge in [0.25, 0.3) is 0 Å². The van der Waals surface area contributed by atoms with Crippen LogP contribution in [-0.2, 0) is 11.3 Å². The van der Waals surface area contributed by atoms with Crippen LogP contribution in [0.5, 0.6) is 0 Å². The lowest BCUT2D eigenvalue weighted by molar-refractivity contribution is -0.0122. The van der Waals surface area contributed by atoms with Gasteiger partial charge >= 0.3 is 0 Å². The number of nitrogens with zero attached hydrogens (tertiary/aromatic N) is 1. The molecule has 3 rings (SSSR count). The second kappa shape index (κ2) is 5.98. The summed E-state index contributed by atoms with van der Waals surface area (Å²) in [5.41, 5.74) is 1.71. The average Bonchev–Trinajstić information content (AvgIpc) is 2.49. The first kappa shape index (κ1) is 13.7. The Morgan fingerprint density at radius 2 is 2.05 bits per heavy atom. The summed E-state index contributed by atoms with van der Waals surface area (Å²) in [6, 6.07) is 10.5. The smallest absolute Gasteiger partial charge is 0.102 e. The largest absolute Gasteiger partial charge is 0.501 e. The van der Waals surface area contributed by atoms with E-state index in [1.165, 1.54) is 5.56 Å². The normalized spacial score (nSPS) is 27.8. The maximum absolute atomic E-state index is 11.0. The second-order valence-corrected chi connectivity index (χ2v) is 5.95. The van der Waals surface area contributed by atoms with Crippen molar-refractivity contribution in [3.05, 3.63) is 47.7 Å². The molecule has 1 unspecified atom stereocenters. The van der Waals surface area contributed by atoms with Gasteiger partial charge in [-0.1, -0.05) is 30.3 Å². The van der Waals surface area contributed by atoms with Crippen molar-refractivity contribution in [3.8, 4) is 0 Å². The topological polar surface area (TPSA) is 32.7 Å². The molecule has 3 heteroatoms. The fourth-order valence-corrected chi connectivity index (χ4v) is 3.27. The van der Waals surface area contributed by atoms with Crippen molar-refractivity contribution < 1.29 is 9.84 Å². The number of likely N-dealkylation sites (tertiary alicyclic amines) is 1. The number of rotatable bonds is 3. The van der Waals surface area contributed by atoms with Gasteiger partial charge in [-0.3, -0.25) is 4.90 Å². The third-order valence-corrected chi connectivity index (χ3v) is 4.33. The summed E-state index contributed by atoms with van der Waals surface area (Å²) in [6.45, 7) is 3.48. The highest BCUT2D eigenvalue weighted by Gasteiger charge is 2.37. The zero-order valence-electron chi connectivity index (χ0n) is 11.9. The molecule has 2 aliphatic rings. The Hall–Kier alpha value is -1.32. The highest BCUT2D eigenvalue weighted by molar-refractivity contribution is 5.19. The molecule has 20 heavy (non-hydrogen) atoms. The predicted octanol–water partition coefficient (Wildman–Crippen LogP) is 2.71. The Kier molecular flexibility index (Phi) is 4.08. The van der Waals surface area contributed by atoms with Gasteiger partial charge in [0.2, 0.25) is 0 Å². The van der Waals surface area contributed by atoms with Crippen LogP contribution in [0.1, 0.15) is 31.2 Å². The Morgan fingerprint density at radius 3 is 2.80 bits per heavy atom. The van der Waals surface area contributed by atoms with E-state index in [4.69, 9.17) is 4.74 Å². The van der Waals surface area contributed by atoms with Crippen LogP contribution < -0.4 is 0 Å². The van der Waals surface area contributed by atoms with Gasteiger partial charge in [0.1, 0.15) is 5.60 Å². The number of β-amino-alcohol motifs (C(OH)–C–C–N with tert-alkyl or cyclic N) is 1. The van der Waals surface area contributed by atoms with Crippen molar-refractivity contribution >= 4 is 0 Å². The van der Waals surface area contributed by atoms with E-state index in [1.54, 1.807) is 6.26 Å². The van der Waals surface area contributed by atoms with E-state index in [9.17, 15) is 5.11 Å². The molecule has 2 heterocycles. The van der Waals surface area contributed by atoms with E-state index >= 15 is 0 Å². The molecule has 0 aliphatic carbocycles. The van der Waals surface area contributed by atoms with Crippen molar-refractivity contribution in [1.82, 2.24) is 4.90 Å². The maximum atomic E-state index is 11.0. The first-order valence-corrected chi connectivity index (χ1v) is 7.56. The molecule has 0 radical (unpaired) electrons. The molecule has 1 aromatic rings. The lowest BCUT2D eigenvalue weighted by Crippen LogP contribution is -2.49. The predicted molar refractivity (Wildman–Crippen MR) is 79.2 cm³/mol. The molecular formula is C17H23NO2. The fraction of sp³-hybridized carbons (Fsp3) is 0.529. The standard InChI is InChI=1S/C17H23NO2/c19-17(16-8-4-11-20-13-16)9-5-10-18(14-17)12-15-6-2-1-3-7-15/h1-3,6-7,13,19H,4-5,8-12,14H2. The summed E-state index contributed by atoms with van der Waals surface area (Å²) in [5, 5.41) is 11.0. The van der Waals surface area contributed by atoms with E-state index in [1.807, 2.05) is 6.07 Å². The summed E-state index contributed by atoms with van der Waals surface area (Å²) >= 11 is 0. The first-order chi connectivity index (χ1) is 9.76. The van der Waals surface area contributed by atoms with Crippen LogP contribution >= 0.6 is 0 Å². The number of hydrogen-bond donors (Lipinski definition) is 1. The van der Waals surface area contributed by atoms with Crippen LogP contribution in [0, 0.1) is 0 Å². The zero-order valence-corrected chi connectivity index (χ0v) is 11.9. The maximum Gasteiger partial charge on any atom is 0.102 e. The molecule has 0 aromatic heterocycles. The molecule has 1 atom stereocenters. The molecule has 0 spiro atoms. The van der Waals surface area contributed by atoms with E-state index < -0.39 is 5.60 Å². The molecule has 1 N–H and O–H groups in total. The summed E-state index contributed by atoms with van der Waals surface area (Å²) in [4.78, 5) is 2.36. The molecule has 3 nitrogen and oxygen atoms in total. The Balaban J connectivity index is 1.68. The highest BCUT2D eigenvalue weighted by atomic mass is 16.5. The van der Waals surface area contributed by atoms with Gasteiger partial charge in [-0.05, 0) is 43.4 Å². The Labute approximate surface area is 120 Å². The highest BCUT2D eigenvalue weighted by Crippen LogP contribution is 2.33. The van der Waals surface area contributed by atoms with Crippen molar-refractivity contribution in [1.29, 1.82) is 0 Å². The van der Waals surface area contributed by atoms with Gasteiger partial charge in [-0.15, -0.1) is 0 Å². The summed E-state index contributed by atoms with van der Waals surface area (Å²) < 4.78 is 5.41. The van der Waals surface area contributed by atoms with Crippen molar-refractivity contribution in [2.75, 3.05) is 19.7 Å². The molecule has 0 saturated carbocycles. The van der Waals surface area contributed by atoms with E-state index in [0.29, 0.717) is 0 Å². The average molecular weight is 273 g/mol. The van der Waals surface area contributed by atoms with Crippen LogP contribution in [0.4, 0.5) is 0 Å². The molecule has 1 fully saturated rings. The van der Waals surface area contributed by atoms with Crippen molar-refractivity contribution in [2.45, 2.75) is 37.8 Å². The minimum absolute atomic E-state index is 0.687. The van der Waals surface area contributed by atoms with Gasteiger partial charge in [0, 0.05) is 13.1 Å². The van der Waals surface area contributed by atoms with E-state index in [2.05, 4.69) is 29.2 Å². The van der Waals surface area contributed by atoms with Crippen LogP contribution in [0.15, 0.2) is 42.2 Å². The first-order valence-electron chi connectivity index (χ1n) is 7.56. The van der Waals surface area contributed by atoms with Crippen LogP contribution in [0.2, 0.25) is 0 Å². The van der Waals surface area contributed by atoms with Gasteiger partial charge < -0.3 is 9.84 Å². The molecule has 1 saturated heterocycles. The van der Waals surface area contributed by atoms with E-state index in [-0.39, 0.29) is 0 Å². The van der Waals surface area contributed by atoms with Crippen LogP contribution in [0.25, 0.3) is 0 Å². The van der Waals surface area contributed by atoms with Gasteiger partial charge in [-0.25, -0.2) is 0 Å².